The van der Waals surface area contributed by atoms with Crippen LogP contribution in [0.25, 0.3) is 0 Å². The van der Waals surface area contributed by atoms with Gasteiger partial charge in [-0.25, -0.2) is 4.79 Å². The largest absolute Gasteiger partial charge is 0.328 e. The highest BCUT2D eigenvalue weighted by atomic mass is 16.1. The van der Waals surface area contributed by atoms with E-state index >= 15 is 0 Å². The zero-order chi connectivity index (χ0) is 11.4. The summed E-state index contributed by atoms with van der Waals surface area (Å²) >= 11 is 0. The Morgan fingerprint density at radius 1 is 1.44 bits per heavy atom. The Morgan fingerprint density at radius 2 is 2.25 bits per heavy atom. The van der Waals surface area contributed by atoms with E-state index in [-0.39, 0.29) is 5.69 Å². The Labute approximate surface area is 96.3 Å². The van der Waals surface area contributed by atoms with E-state index in [1.807, 2.05) is 17.0 Å². The van der Waals surface area contributed by atoms with Crippen molar-refractivity contribution in [2.45, 2.75) is 39.3 Å². The van der Waals surface area contributed by atoms with Crippen molar-refractivity contribution >= 4 is 0 Å². The summed E-state index contributed by atoms with van der Waals surface area (Å²) in [6.45, 7) is 5.96. The van der Waals surface area contributed by atoms with Crippen molar-refractivity contribution in [2.24, 2.45) is 5.92 Å². The second-order valence-electron chi connectivity index (χ2n) is 4.64. The molecule has 0 aromatic carbocycles. The third kappa shape index (κ3) is 2.55. The highest BCUT2D eigenvalue weighted by Gasteiger charge is 2.14. The summed E-state index contributed by atoms with van der Waals surface area (Å²) in [6.07, 6.45) is 7.30. The molecule has 1 saturated heterocycles. The predicted octanol–water partition coefficient (Wildman–Crippen LogP) is 1.06. The Hall–Kier alpha value is -1.03. The van der Waals surface area contributed by atoms with Crippen LogP contribution in [-0.4, -0.2) is 22.2 Å². The van der Waals surface area contributed by atoms with Crippen LogP contribution in [0.3, 0.4) is 0 Å². The number of hydrogen-bond donors (Lipinski definition) is 1. The SMILES string of the molecule is CCCn1ccn(CC2CCCNC2)c1=O. The van der Waals surface area contributed by atoms with Gasteiger partial charge in [-0.3, -0.25) is 9.13 Å². The third-order valence-electron chi connectivity index (χ3n) is 3.24. The number of nitrogens with zero attached hydrogens (tertiary/aromatic N) is 2. The Bertz CT molecular complexity index is 374. The number of piperidine rings is 1. The molecule has 4 nitrogen and oxygen atoms in total. The van der Waals surface area contributed by atoms with Gasteiger partial charge in [0.15, 0.2) is 0 Å². The van der Waals surface area contributed by atoms with Crippen LogP contribution in [0, 0.1) is 5.92 Å². The lowest BCUT2D eigenvalue weighted by Crippen LogP contribution is -2.35. The number of imidazole rings is 1. The van der Waals surface area contributed by atoms with Crippen molar-refractivity contribution in [3.63, 3.8) is 0 Å². The summed E-state index contributed by atoms with van der Waals surface area (Å²) in [7, 11) is 0. The molecule has 0 spiro atoms. The highest BCUT2D eigenvalue weighted by Crippen LogP contribution is 2.11. The number of aromatic nitrogens is 2. The fraction of sp³-hybridized carbons (Fsp3) is 0.750. The molecule has 2 rings (SSSR count). The molecule has 0 amide bonds. The van der Waals surface area contributed by atoms with E-state index < -0.39 is 0 Å². The minimum Gasteiger partial charge on any atom is -0.316 e. The van der Waals surface area contributed by atoms with E-state index in [0.29, 0.717) is 5.92 Å². The molecule has 1 atom stereocenters. The van der Waals surface area contributed by atoms with Gasteiger partial charge in [-0.1, -0.05) is 6.92 Å². The van der Waals surface area contributed by atoms with Crippen LogP contribution in [0.5, 0.6) is 0 Å². The first-order valence-electron chi connectivity index (χ1n) is 6.27. The van der Waals surface area contributed by atoms with Gasteiger partial charge >= 0.3 is 5.69 Å². The van der Waals surface area contributed by atoms with Crippen molar-refractivity contribution in [1.82, 2.24) is 14.5 Å². The molecule has 4 heteroatoms. The van der Waals surface area contributed by atoms with Crippen LogP contribution in [0.1, 0.15) is 26.2 Å². The number of nitrogens with one attached hydrogen (secondary N) is 1. The van der Waals surface area contributed by atoms with Gasteiger partial charge in [0.2, 0.25) is 0 Å². The van der Waals surface area contributed by atoms with Crippen molar-refractivity contribution in [2.75, 3.05) is 13.1 Å². The van der Waals surface area contributed by atoms with Gasteiger partial charge in [-0.05, 0) is 38.3 Å². The molecule has 0 saturated carbocycles. The molecule has 0 bridgehead atoms. The van der Waals surface area contributed by atoms with Crippen molar-refractivity contribution in [3.05, 3.63) is 22.9 Å². The van der Waals surface area contributed by atoms with E-state index in [0.717, 1.165) is 32.6 Å². The number of aryl methyl sites for hydroxylation is 1. The highest BCUT2D eigenvalue weighted by molar-refractivity contribution is 4.83. The Kier molecular flexibility index (Phi) is 3.83. The van der Waals surface area contributed by atoms with Crippen molar-refractivity contribution in [1.29, 1.82) is 0 Å². The molecular formula is C12H21N3O. The molecule has 1 aliphatic heterocycles. The van der Waals surface area contributed by atoms with Gasteiger partial charge in [-0.2, -0.15) is 0 Å². The fourth-order valence-corrected chi connectivity index (χ4v) is 2.36. The zero-order valence-corrected chi connectivity index (χ0v) is 9.98. The van der Waals surface area contributed by atoms with E-state index in [9.17, 15) is 4.79 Å². The summed E-state index contributed by atoms with van der Waals surface area (Å²) < 4.78 is 3.66. The maximum Gasteiger partial charge on any atom is 0.328 e. The topological polar surface area (TPSA) is 39.0 Å². The molecule has 1 aromatic rings. The van der Waals surface area contributed by atoms with E-state index in [4.69, 9.17) is 0 Å². The standard InChI is InChI=1S/C12H21N3O/c1-2-6-14-7-8-15(12(14)16)10-11-4-3-5-13-9-11/h7-8,11,13H,2-6,9-10H2,1H3. The monoisotopic (exact) mass is 223 g/mol. The lowest BCUT2D eigenvalue weighted by molar-refractivity contribution is 0.332. The number of hydrogen-bond acceptors (Lipinski definition) is 2. The fourth-order valence-electron chi connectivity index (χ4n) is 2.36. The summed E-state index contributed by atoms with van der Waals surface area (Å²) in [6, 6.07) is 0. The van der Waals surface area contributed by atoms with E-state index in [2.05, 4.69) is 12.2 Å². The molecule has 1 aliphatic rings. The van der Waals surface area contributed by atoms with Gasteiger partial charge in [0.05, 0.1) is 0 Å². The van der Waals surface area contributed by atoms with Gasteiger partial charge in [-0.15, -0.1) is 0 Å². The first-order valence-corrected chi connectivity index (χ1v) is 6.27. The van der Waals surface area contributed by atoms with Crippen LogP contribution in [-0.2, 0) is 13.1 Å². The van der Waals surface area contributed by atoms with Gasteiger partial charge < -0.3 is 5.32 Å². The minimum absolute atomic E-state index is 0.146. The Morgan fingerprint density at radius 3 is 2.94 bits per heavy atom. The summed E-state index contributed by atoms with van der Waals surface area (Å²) in [5, 5.41) is 3.38. The first kappa shape index (κ1) is 11.5. The van der Waals surface area contributed by atoms with Gasteiger partial charge in [0.1, 0.15) is 0 Å². The normalized spacial score (nSPS) is 21.2. The summed E-state index contributed by atoms with van der Waals surface area (Å²) in [5.41, 5.74) is 0.146. The van der Waals surface area contributed by atoms with Crippen LogP contribution >= 0.6 is 0 Å². The summed E-state index contributed by atoms with van der Waals surface area (Å²) in [5.74, 6) is 0.615. The lowest BCUT2D eigenvalue weighted by atomic mass is 10.00. The molecule has 1 unspecified atom stereocenters. The van der Waals surface area contributed by atoms with Crippen molar-refractivity contribution in [3.8, 4) is 0 Å². The maximum atomic E-state index is 11.9. The average Bonchev–Trinajstić information content (AvgIpc) is 2.64. The smallest absolute Gasteiger partial charge is 0.316 e. The average molecular weight is 223 g/mol. The Balaban J connectivity index is 2.00. The molecule has 1 aromatic heterocycles. The molecule has 2 heterocycles. The lowest BCUT2D eigenvalue weighted by Gasteiger charge is -2.22. The first-order chi connectivity index (χ1) is 7.81. The second kappa shape index (κ2) is 5.34. The van der Waals surface area contributed by atoms with Crippen LogP contribution in [0.2, 0.25) is 0 Å². The molecule has 16 heavy (non-hydrogen) atoms. The quantitative estimate of drug-likeness (QED) is 0.829. The molecular weight excluding hydrogens is 202 g/mol. The predicted molar refractivity (Wildman–Crippen MR) is 64.6 cm³/mol. The third-order valence-corrected chi connectivity index (χ3v) is 3.24. The molecule has 1 N–H and O–H groups in total. The van der Waals surface area contributed by atoms with E-state index in [1.54, 1.807) is 4.57 Å². The van der Waals surface area contributed by atoms with Crippen LogP contribution in [0.4, 0.5) is 0 Å². The van der Waals surface area contributed by atoms with Crippen molar-refractivity contribution < 1.29 is 0 Å². The van der Waals surface area contributed by atoms with Gasteiger partial charge in [0, 0.05) is 25.5 Å². The zero-order valence-electron chi connectivity index (χ0n) is 9.98. The van der Waals surface area contributed by atoms with E-state index in [1.165, 1.54) is 12.8 Å². The molecule has 0 radical (unpaired) electrons. The van der Waals surface area contributed by atoms with Gasteiger partial charge in [0.25, 0.3) is 0 Å². The second-order valence-corrected chi connectivity index (χ2v) is 4.64. The van der Waals surface area contributed by atoms with Crippen LogP contribution < -0.4 is 11.0 Å². The minimum atomic E-state index is 0.146. The molecule has 90 valence electrons. The molecule has 0 aliphatic carbocycles. The van der Waals surface area contributed by atoms with Crippen LogP contribution in [0.15, 0.2) is 17.2 Å². The maximum absolute atomic E-state index is 11.9. The summed E-state index contributed by atoms with van der Waals surface area (Å²) in [4.78, 5) is 11.9. The number of rotatable bonds is 4. The molecule has 1 fully saturated rings.